The van der Waals surface area contributed by atoms with Crippen LogP contribution in [-0.2, 0) is 4.79 Å². The molecule has 0 unspecified atom stereocenters. The van der Waals surface area contributed by atoms with E-state index in [1.165, 1.54) is 16.5 Å². The third-order valence-electron chi connectivity index (χ3n) is 6.94. The number of amides is 1. The molecule has 3 heterocycles. The van der Waals surface area contributed by atoms with Gasteiger partial charge in [-0.25, -0.2) is 9.50 Å². The van der Waals surface area contributed by atoms with E-state index < -0.39 is 0 Å². The first-order valence-corrected chi connectivity index (χ1v) is 11.8. The summed E-state index contributed by atoms with van der Waals surface area (Å²) in [4.78, 5) is 21.4. The maximum Gasteiger partial charge on any atom is 0.236 e. The van der Waals surface area contributed by atoms with Crippen molar-refractivity contribution in [3.8, 4) is 17.0 Å². The highest BCUT2D eigenvalue weighted by atomic mass is 16.5. The molecule has 178 valence electrons. The Labute approximate surface area is 199 Å². The van der Waals surface area contributed by atoms with Gasteiger partial charge in [-0.15, -0.1) is 0 Å². The van der Waals surface area contributed by atoms with Crippen molar-refractivity contribution in [1.29, 1.82) is 0 Å². The number of carbonyl (C=O) groups excluding carboxylic acids is 1. The normalized spacial score (nSPS) is 17.9. The van der Waals surface area contributed by atoms with Crippen LogP contribution in [0.25, 0.3) is 27.8 Å². The van der Waals surface area contributed by atoms with Crippen molar-refractivity contribution in [2.24, 2.45) is 0 Å². The fourth-order valence-corrected chi connectivity index (χ4v) is 4.94. The maximum atomic E-state index is 11.8. The molecule has 0 radical (unpaired) electrons. The van der Waals surface area contributed by atoms with E-state index in [0.29, 0.717) is 35.8 Å². The van der Waals surface area contributed by atoms with E-state index in [-0.39, 0.29) is 5.91 Å². The van der Waals surface area contributed by atoms with Crippen LogP contribution in [-0.4, -0.2) is 64.2 Å². The van der Waals surface area contributed by atoms with Crippen LogP contribution >= 0.6 is 0 Å². The van der Waals surface area contributed by atoms with Gasteiger partial charge in [-0.2, -0.15) is 5.10 Å². The number of fused-ring (bicyclic) bond motifs is 2. The average molecular weight is 461 g/mol. The summed E-state index contributed by atoms with van der Waals surface area (Å²) in [5.41, 5.74) is 6.61. The molecule has 0 spiro atoms. The van der Waals surface area contributed by atoms with Crippen LogP contribution in [0.1, 0.15) is 49.7 Å². The van der Waals surface area contributed by atoms with Crippen LogP contribution in [0.15, 0.2) is 36.8 Å². The number of nitrogens with zero attached hydrogens (tertiary/aromatic N) is 4. The maximum absolute atomic E-state index is 11.8. The van der Waals surface area contributed by atoms with Crippen LogP contribution in [0.3, 0.4) is 0 Å². The first-order chi connectivity index (χ1) is 16.4. The smallest absolute Gasteiger partial charge is 0.236 e. The Kier molecular flexibility index (Phi) is 5.77. The number of aromatic nitrogens is 4. The van der Waals surface area contributed by atoms with Crippen molar-refractivity contribution in [1.82, 2.24) is 29.8 Å². The molecule has 1 aliphatic rings. The fourth-order valence-electron chi connectivity index (χ4n) is 4.94. The topological polar surface area (TPSA) is 87.5 Å². The summed E-state index contributed by atoms with van der Waals surface area (Å²) in [5, 5.41) is 8.98. The van der Waals surface area contributed by atoms with Crippen molar-refractivity contribution in [2.75, 3.05) is 27.7 Å². The van der Waals surface area contributed by atoms with Crippen LogP contribution in [0, 0.1) is 0 Å². The van der Waals surface area contributed by atoms with Gasteiger partial charge in [0, 0.05) is 42.8 Å². The Morgan fingerprint density at radius 3 is 2.79 bits per heavy atom. The summed E-state index contributed by atoms with van der Waals surface area (Å²) in [5.74, 6) is 1.67. The zero-order chi connectivity index (χ0) is 24.0. The van der Waals surface area contributed by atoms with Gasteiger partial charge in [-0.05, 0) is 54.0 Å². The van der Waals surface area contributed by atoms with Gasteiger partial charge in [-0.3, -0.25) is 4.79 Å². The highest BCUT2D eigenvalue weighted by molar-refractivity contribution is 5.92. The van der Waals surface area contributed by atoms with Crippen molar-refractivity contribution in [3.05, 3.63) is 47.9 Å². The molecule has 8 heteroatoms. The molecule has 3 aromatic heterocycles. The van der Waals surface area contributed by atoms with Crippen molar-refractivity contribution < 1.29 is 9.53 Å². The molecular formula is C26H32N6O2. The van der Waals surface area contributed by atoms with Crippen LogP contribution in [0.5, 0.6) is 5.75 Å². The molecule has 1 aliphatic carbocycles. The first kappa shape index (κ1) is 22.4. The van der Waals surface area contributed by atoms with Crippen molar-refractivity contribution >= 4 is 22.5 Å². The van der Waals surface area contributed by atoms with Gasteiger partial charge >= 0.3 is 0 Å². The summed E-state index contributed by atoms with van der Waals surface area (Å²) in [6, 6.07) is 9.21. The van der Waals surface area contributed by atoms with E-state index in [1.54, 1.807) is 36.9 Å². The molecule has 1 amide bonds. The molecule has 0 saturated heterocycles. The summed E-state index contributed by atoms with van der Waals surface area (Å²) in [6.45, 7) is 4.87. The lowest BCUT2D eigenvalue weighted by Gasteiger charge is -2.36. The predicted molar refractivity (Wildman–Crippen MR) is 133 cm³/mol. The van der Waals surface area contributed by atoms with E-state index in [4.69, 9.17) is 4.74 Å². The molecule has 34 heavy (non-hydrogen) atoms. The molecule has 4 aromatic rings. The number of hydrogen-bond donors (Lipinski definition) is 2. The number of rotatable bonds is 7. The molecule has 0 aliphatic heterocycles. The number of pyridine rings is 1. The third kappa shape index (κ3) is 3.92. The zero-order valence-electron chi connectivity index (χ0n) is 20.4. The molecule has 1 aromatic carbocycles. The quantitative estimate of drug-likeness (QED) is 0.436. The lowest BCUT2D eigenvalue weighted by atomic mass is 9.75. The Balaban J connectivity index is 1.44. The summed E-state index contributed by atoms with van der Waals surface area (Å²) in [7, 11) is 5.24. The minimum absolute atomic E-state index is 0.118. The van der Waals surface area contributed by atoms with Gasteiger partial charge in [0.05, 0.1) is 19.3 Å². The fraction of sp³-hybridized carbons (Fsp3) is 0.423. The molecule has 8 nitrogen and oxygen atoms in total. The van der Waals surface area contributed by atoms with Crippen LogP contribution in [0.4, 0.5) is 0 Å². The number of likely N-dealkylation sites (N-methyl/N-ethyl adjacent to an activating group) is 1. The van der Waals surface area contributed by atoms with E-state index in [1.807, 2.05) is 12.3 Å². The third-order valence-corrected chi connectivity index (χ3v) is 6.94. The molecule has 1 fully saturated rings. The summed E-state index contributed by atoms with van der Waals surface area (Å²) >= 11 is 0. The molecular weight excluding hydrogens is 428 g/mol. The summed E-state index contributed by atoms with van der Waals surface area (Å²) < 4.78 is 7.35. The number of methoxy groups -OCH3 is 1. The number of hydrogen-bond acceptors (Lipinski definition) is 5. The second-order valence-electron chi connectivity index (χ2n) is 9.73. The Morgan fingerprint density at radius 1 is 1.29 bits per heavy atom. The highest BCUT2D eigenvalue weighted by Gasteiger charge is 2.31. The van der Waals surface area contributed by atoms with Crippen molar-refractivity contribution in [2.45, 2.75) is 44.6 Å². The van der Waals surface area contributed by atoms with E-state index in [0.717, 1.165) is 29.6 Å². The monoisotopic (exact) mass is 460 g/mol. The SMILES string of the molecule is COc1cc(-c2[nH]c3ccc(C4CC(NCC(=O)N(C)C)C4)cc3c2C(C)C)cn2ncnc12. The van der Waals surface area contributed by atoms with E-state index >= 15 is 0 Å². The minimum atomic E-state index is 0.118. The largest absolute Gasteiger partial charge is 0.493 e. The van der Waals surface area contributed by atoms with Gasteiger partial charge in [0.2, 0.25) is 5.91 Å². The van der Waals surface area contributed by atoms with E-state index in [2.05, 4.69) is 52.4 Å². The second-order valence-corrected chi connectivity index (χ2v) is 9.73. The Morgan fingerprint density at radius 2 is 2.09 bits per heavy atom. The second kappa shape index (κ2) is 8.76. The lowest BCUT2D eigenvalue weighted by molar-refractivity contribution is -0.128. The molecule has 2 N–H and O–H groups in total. The zero-order valence-corrected chi connectivity index (χ0v) is 20.4. The van der Waals surface area contributed by atoms with Gasteiger partial charge in [0.15, 0.2) is 11.4 Å². The predicted octanol–water partition coefficient (Wildman–Crippen LogP) is 3.93. The number of nitrogens with one attached hydrogen (secondary N) is 2. The molecule has 5 rings (SSSR count). The molecule has 0 atom stereocenters. The number of carbonyl (C=O) groups is 1. The minimum Gasteiger partial charge on any atom is -0.493 e. The average Bonchev–Trinajstić information content (AvgIpc) is 3.41. The van der Waals surface area contributed by atoms with Crippen LogP contribution < -0.4 is 10.1 Å². The van der Waals surface area contributed by atoms with Gasteiger partial charge in [-0.1, -0.05) is 19.9 Å². The standard InChI is InChI=1S/C26H32N6O2/c1-15(2)24-20-10-16(17-8-19(9-17)27-12-23(33)31(3)4)6-7-21(20)30-25(24)18-11-22(34-5)26-28-14-29-32(26)13-18/h6-7,10-11,13-15,17,19,27,30H,8-9,12H2,1-5H3. The number of benzene rings is 1. The van der Waals surface area contributed by atoms with Gasteiger partial charge < -0.3 is 19.9 Å². The van der Waals surface area contributed by atoms with Crippen LogP contribution in [0.2, 0.25) is 0 Å². The Hall–Kier alpha value is -3.39. The molecule has 0 bridgehead atoms. The molecule has 1 saturated carbocycles. The van der Waals surface area contributed by atoms with E-state index in [9.17, 15) is 4.79 Å². The lowest BCUT2D eigenvalue weighted by Crippen LogP contribution is -2.44. The van der Waals surface area contributed by atoms with Crippen molar-refractivity contribution in [3.63, 3.8) is 0 Å². The number of aromatic amines is 1. The van der Waals surface area contributed by atoms with Gasteiger partial charge in [0.25, 0.3) is 0 Å². The van der Waals surface area contributed by atoms with Gasteiger partial charge in [0.1, 0.15) is 6.33 Å². The summed E-state index contributed by atoms with van der Waals surface area (Å²) in [6.07, 6.45) is 5.65. The highest BCUT2D eigenvalue weighted by Crippen LogP contribution is 2.41. The first-order valence-electron chi connectivity index (χ1n) is 11.8. The Bertz CT molecular complexity index is 1350. The number of H-pyrrole nitrogens is 1. The number of ether oxygens (including phenoxy) is 1.